The Bertz CT molecular complexity index is 217. The minimum Gasteiger partial charge on any atom is -0.480 e. The SMILES string of the molecule is CC(C(=O)O)N1CC[C@H](N)C1=O. The van der Waals surface area contributed by atoms with Crippen LogP contribution in [0.2, 0.25) is 0 Å². The molecule has 2 atom stereocenters. The van der Waals surface area contributed by atoms with Crippen LogP contribution in [0.15, 0.2) is 0 Å². The summed E-state index contributed by atoms with van der Waals surface area (Å²) in [4.78, 5) is 23.0. The van der Waals surface area contributed by atoms with Crippen LogP contribution in [-0.4, -0.2) is 40.5 Å². The maximum Gasteiger partial charge on any atom is 0.326 e. The fraction of sp³-hybridized carbons (Fsp3) is 0.714. The molecule has 1 fully saturated rings. The number of hydrogen-bond donors (Lipinski definition) is 2. The molecule has 0 radical (unpaired) electrons. The summed E-state index contributed by atoms with van der Waals surface area (Å²) in [5.41, 5.74) is 5.42. The van der Waals surface area contributed by atoms with Crippen molar-refractivity contribution in [3.63, 3.8) is 0 Å². The zero-order valence-corrected chi connectivity index (χ0v) is 6.86. The van der Waals surface area contributed by atoms with Gasteiger partial charge in [0.1, 0.15) is 6.04 Å². The molecule has 1 saturated heterocycles. The third-order valence-electron chi connectivity index (χ3n) is 2.11. The maximum absolute atomic E-state index is 11.2. The fourth-order valence-corrected chi connectivity index (χ4v) is 1.24. The Balaban J connectivity index is 2.65. The molecular formula is C7H12N2O3. The van der Waals surface area contributed by atoms with Gasteiger partial charge in [0, 0.05) is 6.54 Å². The van der Waals surface area contributed by atoms with Gasteiger partial charge < -0.3 is 15.7 Å². The molecule has 1 amide bonds. The predicted octanol–water partition coefficient (Wildman–Crippen LogP) is -0.981. The number of nitrogens with two attached hydrogens (primary N) is 1. The van der Waals surface area contributed by atoms with Crippen molar-refractivity contribution in [2.75, 3.05) is 6.54 Å². The summed E-state index contributed by atoms with van der Waals surface area (Å²) in [5, 5.41) is 8.61. The van der Waals surface area contributed by atoms with E-state index in [1.165, 1.54) is 11.8 Å². The number of carboxylic acid groups (broad SMARTS) is 1. The summed E-state index contributed by atoms with van der Waals surface area (Å²) in [6, 6.07) is -1.27. The smallest absolute Gasteiger partial charge is 0.326 e. The largest absolute Gasteiger partial charge is 0.480 e. The van der Waals surface area contributed by atoms with Gasteiger partial charge >= 0.3 is 5.97 Å². The van der Waals surface area contributed by atoms with E-state index in [2.05, 4.69) is 0 Å². The molecule has 0 aromatic carbocycles. The Morgan fingerprint density at radius 2 is 2.42 bits per heavy atom. The number of nitrogens with zero attached hydrogens (tertiary/aromatic N) is 1. The molecule has 1 unspecified atom stereocenters. The maximum atomic E-state index is 11.2. The molecule has 0 spiro atoms. The Kier molecular flexibility index (Phi) is 2.32. The molecule has 0 aromatic heterocycles. The highest BCUT2D eigenvalue weighted by Crippen LogP contribution is 2.12. The lowest BCUT2D eigenvalue weighted by Crippen LogP contribution is -2.43. The van der Waals surface area contributed by atoms with Crippen molar-refractivity contribution in [1.29, 1.82) is 0 Å². The highest BCUT2D eigenvalue weighted by atomic mass is 16.4. The topological polar surface area (TPSA) is 83.6 Å². The Morgan fingerprint density at radius 3 is 2.75 bits per heavy atom. The number of aliphatic carboxylic acids is 1. The molecule has 3 N–H and O–H groups in total. The number of carboxylic acids is 1. The molecule has 0 aromatic rings. The molecular weight excluding hydrogens is 160 g/mol. The van der Waals surface area contributed by atoms with Crippen LogP contribution in [0.4, 0.5) is 0 Å². The van der Waals surface area contributed by atoms with Crippen molar-refractivity contribution < 1.29 is 14.7 Å². The van der Waals surface area contributed by atoms with Crippen molar-refractivity contribution in [2.45, 2.75) is 25.4 Å². The van der Waals surface area contributed by atoms with Gasteiger partial charge in [0.2, 0.25) is 5.91 Å². The van der Waals surface area contributed by atoms with E-state index in [1.807, 2.05) is 0 Å². The summed E-state index contributed by atoms with van der Waals surface area (Å²) in [6.45, 7) is 1.94. The van der Waals surface area contributed by atoms with E-state index < -0.39 is 18.1 Å². The van der Waals surface area contributed by atoms with Crippen LogP contribution in [0.25, 0.3) is 0 Å². The number of hydrogen-bond acceptors (Lipinski definition) is 3. The van der Waals surface area contributed by atoms with Crippen LogP contribution in [0.1, 0.15) is 13.3 Å². The van der Waals surface area contributed by atoms with E-state index in [9.17, 15) is 9.59 Å². The van der Waals surface area contributed by atoms with Crippen LogP contribution in [-0.2, 0) is 9.59 Å². The van der Waals surface area contributed by atoms with Crippen LogP contribution in [0, 0.1) is 0 Å². The number of carbonyl (C=O) groups excluding carboxylic acids is 1. The Hall–Kier alpha value is -1.10. The average molecular weight is 172 g/mol. The zero-order valence-electron chi connectivity index (χ0n) is 6.86. The normalized spacial score (nSPS) is 26.0. The number of carbonyl (C=O) groups is 2. The molecule has 5 heteroatoms. The summed E-state index contributed by atoms with van der Waals surface area (Å²) in [6.07, 6.45) is 0.552. The lowest BCUT2D eigenvalue weighted by molar-refractivity contribution is -0.147. The van der Waals surface area contributed by atoms with Crippen LogP contribution in [0.5, 0.6) is 0 Å². The molecule has 12 heavy (non-hydrogen) atoms. The Labute approximate surface area is 70.1 Å². The minimum atomic E-state index is -0.988. The van der Waals surface area contributed by atoms with Gasteiger partial charge in [-0.15, -0.1) is 0 Å². The molecule has 1 heterocycles. The molecule has 1 aliphatic heterocycles. The molecule has 0 saturated carbocycles. The molecule has 1 aliphatic rings. The first-order valence-corrected chi connectivity index (χ1v) is 3.83. The van der Waals surface area contributed by atoms with E-state index in [0.29, 0.717) is 13.0 Å². The summed E-state index contributed by atoms with van der Waals surface area (Å²) in [5.74, 6) is -1.25. The molecule has 0 aliphatic carbocycles. The number of amides is 1. The van der Waals surface area contributed by atoms with Crippen LogP contribution < -0.4 is 5.73 Å². The van der Waals surface area contributed by atoms with E-state index in [4.69, 9.17) is 10.8 Å². The average Bonchev–Trinajstić information content (AvgIpc) is 2.32. The zero-order chi connectivity index (χ0) is 9.30. The first kappa shape index (κ1) is 8.99. The lowest BCUT2D eigenvalue weighted by Gasteiger charge is -2.20. The van der Waals surface area contributed by atoms with Crippen molar-refractivity contribution >= 4 is 11.9 Å². The Morgan fingerprint density at radius 1 is 1.83 bits per heavy atom. The number of likely N-dealkylation sites (tertiary alicyclic amines) is 1. The van der Waals surface area contributed by atoms with E-state index in [0.717, 1.165) is 0 Å². The van der Waals surface area contributed by atoms with Gasteiger partial charge in [-0.3, -0.25) is 4.79 Å². The molecule has 5 nitrogen and oxygen atoms in total. The molecule has 68 valence electrons. The molecule has 0 bridgehead atoms. The minimum absolute atomic E-state index is 0.259. The van der Waals surface area contributed by atoms with Gasteiger partial charge in [-0.2, -0.15) is 0 Å². The first-order chi connectivity index (χ1) is 5.54. The van der Waals surface area contributed by atoms with E-state index >= 15 is 0 Å². The van der Waals surface area contributed by atoms with Gasteiger partial charge in [0.05, 0.1) is 6.04 Å². The van der Waals surface area contributed by atoms with Crippen molar-refractivity contribution in [3.8, 4) is 0 Å². The fourth-order valence-electron chi connectivity index (χ4n) is 1.24. The van der Waals surface area contributed by atoms with Gasteiger partial charge in [0.15, 0.2) is 0 Å². The summed E-state index contributed by atoms with van der Waals surface area (Å²) >= 11 is 0. The van der Waals surface area contributed by atoms with E-state index in [-0.39, 0.29) is 5.91 Å². The lowest BCUT2D eigenvalue weighted by atomic mass is 10.3. The van der Waals surface area contributed by atoms with Crippen molar-refractivity contribution in [1.82, 2.24) is 4.90 Å². The third kappa shape index (κ3) is 1.40. The second-order valence-corrected chi connectivity index (χ2v) is 2.94. The first-order valence-electron chi connectivity index (χ1n) is 3.83. The summed E-state index contributed by atoms with van der Waals surface area (Å²) in [7, 11) is 0. The van der Waals surface area contributed by atoms with Crippen LogP contribution in [0.3, 0.4) is 0 Å². The van der Waals surface area contributed by atoms with Crippen molar-refractivity contribution in [3.05, 3.63) is 0 Å². The third-order valence-corrected chi connectivity index (χ3v) is 2.11. The highest BCUT2D eigenvalue weighted by Gasteiger charge is 2.34. The van der Waals surface area contributed by atoms with Gasteiger partial charge in [-0.25, -0.2) is 4.79 Å². The quantitative estimate of drug-likeness (QED) is 0.560. The van der Waals surface area contributed by atoms with E-state index in [1.54, 1.807) is 0 Å². The standard InChI is InChI=1S/C7H12N2O3/c1-4(7(11)12)9-3-2-5(8)6(9)10/h4-5H,2-3,8H2,1H3,(H,11,12)/t4?,5-/m0/s1. The highest BCUT2D eigenvalue weighted by molar-refractivity contribution is 5.88. The van der Waals surface area contributed by atoms with Gasteiger partial charge in [0.25, 0.3) is 0 Å². The van der Waals surface area contributed by atoms with Gasteiger partial charge in [-0.1, -0.05) is 0 Å². The second kappa shape index (κ2) is 3.10. The molecule has 1 rings (SSSR count). The van der Waals surface area contributed by atoms with Crippen molar-refractivity contribution in [2.24, 2.45) is 5.73 Å². The number of rotatable bonds is 2. The summed E-state index contributed by atoms with van der Waals surface area (Å²) < 4.78 is 0. The predicted molar refractivity (Wildman–Crippen MR) is 41.4 cm³/mol. The second-order valence-electron chi connectivity index (χ2n) is 2.94. The van der Waals surface area contributed by atoms with Crippen LogP contribution >= 0.6 is 0 Å². The monoisotopic (exact) mass is 172 g/mol. The van der Waals surface area contributed by atoms with Gasteiger partial charge in [-0.05, 0) is 13.3 Å².